The number of hydrogen-bond donors (Lipinski definition) is 1. The van der Waals surface area contributed by atoms with Crippen molar-refractivity contribution < 1.29 is 9.00 Å². The SMILES string of the molecule is CC1CCC(NC(=O)C[S@@](=O)Cc2csc(C(C)C)n2)CC1. The van der Waals surface area contributed by atoms with Crippen molar-refractivity contribution in [2.45, 2.75) is 64.2 Å². The van der Waals surface area contributed by atoms with Crippen LogP contribution in [-0.4, -0.2) is 26.9 Å². The van der Waals surface area contributed by atoms with E-state index in [-0.39, 0.29) is 17.7 Å². The molecule has 0 spiro atoms. The van der Waals surface area contributed by atoms with Gasteiger partial charge in [0.15, 0.2) is 0 Å². The van der Waals surface area contributed by atoms with Crippen LogP contribution in [0.25, 0.3) is 0 Å². The molecule has 1 amide bonds. The van der Waals surface area contributed by atoms with Crippen LogP contribution < -0.4 is 5.32 Å². The standard InChI is InChI=1S/C16H26N2O2S2/c1-11(2)16-18-14(8-21-16)9-22(20)10-15(19)17-13-6-4-12(3)5-7-13/h8,11-13H,4-7,9-10H2,1-3H3,(H,17,19)/t12?,13?,22-/m0/s1. The van der Waals surface area contributed by atoms with Gasteiger partial charge in [0.1, 0.15) is 5.75 Å². The van der Waals surface area contributed by atoms with E-state index in [0.29, 0.717) is 11.7 Å². The fraction of sp³-hybridized carbons (Fsp3) is 0.750. The Balaban J connectivity index is 1.75. The lowest BCUT2D eigenvalue weighted by molar-refractivity contribution is -0.119. The number of carbonyl (C=O) groups is 1. The summed E-state index contributed by atoms with van der Waals surface area (Å²) in [6.45, 7) is 6.45. The van der Waals surface area contributed by atoms with Gasteiger partial charge in [-0.2, -0.15) is 0 Å². The molecule has 1 aliphatic carbocycles. The zero-order valence-electron chi connectivity index (χ0n) is 13.6. The molecule has 22 heavy (non-hydrogen) atoms. The summed E-state index contributed by atoms with van der Waals surface area (Å²) >= 11 is 1.60. The maximum absolute atomic E-state index is 12.1. The second-order valence-electron chi connectivity index (χ2n) is 6.58. The van der Waals surface area contributed by atoms with Crippen LogP contribution in [-0.2, 0) is 21.3 Å². The van der Waals surface area contributed by atoms with E-state index >= 15 is 0 Å². The Kier molecular flexibility index (Phi) is 6.56. The van der Waals surface area contributed by atoms with E-state index in [0.717, 1.165) is 29.5 Å². The van der Waals surface area contributed by atoms with Gasteiger partial charge in [-0.05, 0) is 31.6 Å². The molecule has 4 nitrogen and oxygen atoms in total. The summed E-state index contributed by atoms with van der Waals surface area (Å²) in [5.41, 5.74) is 0.839. The number of nitrogens with one attached hydrogen (secondary N) is 1. The van der Waals surface area contributed by atoms with E-state index in [1.807, 2.05) is 5.38 Å². The van der Waals surface area contributed by atoms with Gasteiger partial charge in [0.05, 0.1) is 16.5 Å². The van der Waals surface area contributed by atoms with E-state index < -0.39 is 10.8 Å². The summed E-state index contributed by atoms with van der Waals surface area (Å²) in [5.74, 6) is 1.53. The van der Waals surface area contributed by atoms with Crippen LogP contribution in [0.15, 0.2) is 5.38 Å². The lowest BCUT2D eigenvalue weighted by Gasteiger charge is -2.26. The third-order valence-corrected chi connectivity index (χ3v) is 6.44. The molecule has 1 atom stereocenters. The number of nitrogens with zero attached hydrogens (tertiary/aromatic N) is 1. The van der Waals surface area contributed by atoms with Crippen molar-refractivity contribution in [1.29, 1.82) is 0 Å². The monoisotopic (exact) mass is 342 g/mol. The Hall–Kier alpha value is -0.750. The maximum atomic E-state index is 12.1. The summed E-state index contributed by atoms with van der Waals surface area (Å²) in [7, 11) is -1.18. The van der Waals surface area contributed by atoms with Gasteiger partial charge >= 0.3 is 0 Å². The van der Waals surface area contributed by atoms with Gasteiger partial charge in [0.25, 0.3) is 0 Å². The molecule has 1 aliphatic rings. The lowest BCUT2D eigenvalue weighted by Crippen LogP contribution is -2.39. The topological polar surface area (TPSA) is 59.1 Å². The predicted molar refractivity (Wildman–Crippen MR) is 92.5 cm³/mol. The quantitative estimate of drug-likeness (QED) is 0.863. The molecule has 124 valence electrons. The highest BCUT2D eigenvalue weighted by molar-refractivity contribution is 7.84. The second kappa shape index (κ2) is 8.20. The van der Waals surface area contributed by atoms with Crippen molar-refractivity contribution in [1.82, 2.24) is 10.3 Å². The molecule has 1 fully saturated rings. The number of amides is 1. The van der Waals surface area contributed by atoms with Gasteiger partial charge in [-0.1, -0.05) is 20.8 Å². The lowest BCUT2D eigenvalue weighted by atomic mass is 9.87. The molecule has 0 saturated heterocycles. The Morgan fingerprint density at radius 3 is 2.68 bits per heavy atom. The molecule has 6 heteroatoms. The molecular weight excluding hydrogens is 316 g/mol. The number of hydrogen-bond acceptors (Lipinski definition) is 4. The third kappa shape index (κ3) is 5.47. The zero-order chi connectivity index (χ0) is 16.1. The van der Waals surface area contributed by atoms with E-state index in [1.54, 1.807) is 11.3 Å². The average molecular weight is 343 g/mol. The third-order valence-electron chi connectivity index (χ3n) is 4.05. The van der Waals surface area contributed by atoms with E-state index in [1.165, 1.54) is 12.8 Å². The van der Waals surface area contributed by atoms with Gasteiger partial charge in [0, 0.05) is 28.1 Å². The number of thiazole rings is 1. The Labute approximate surface area is 139 Å². The average Bonchev–Trinajstić information content (AvgIpc) is 2.89. The molecule has 0 aromatic carbocycles. The smallest absolute Gasteiger partial charge is 0.232 e. The van der Waals surface area contributed by atoms with Gasteiger partial charge in [-0.3, -0.25) is 9.00 Å². The first-order valence-electron chi connectivity index (χ1n) is 8.02. The highest BCUT2D eigenvalue weighted by atomic mass is 32.2. The molecule has 0 unspecified atom stereocenters. The molecule has 1 aromatic heterocycles. The number of rotatable bonds is 6. The summed E-state index contributed by atoms with van der Waals surface area (Å²) in [4.78, 5) is 16.5. The van der Waals surface area contributed by atoms with Crippen LogP contribution in [0, 0.1) is 5.92 Å². The second-order valence-corrected chi connectivity index (χ2v) is 8.93. The highest BCUT2D eigenvalue weighted by Gasteiger charge is 2.20. The molecule has 1 saturated carbocycles. The van der Waals surface area contributed by atoms with E-state index in [9.17, 15) is 9.00 Å². The summed E-state index contributed by atoms with van der Waals surface area (Å²) in [6.07, 6.45) is 4.43. The minimum atomic E-state index is -1.18. The van der Waals surface area contributed by atoms with Crippen LogP contribution >= 0.6 is 11.3 Å². The summed E-state index contributed by atoms with van der Waals surface area (Å²) in [5, 5.41) is 6.04. The normalized spacial score (nSPS) is 23.5. The van der Waals surface area contributed by atoms with Crippen LogP contribution in [0.4, 0.5) is 0 Å². The minimum absolute atomic E-state index is 0.0839. The largest absolute Gasteiger partial charge is 0.353 e. The van der Waals surface area contributed by atoms with E-state index in [4.69, 9.17) is 0 Å². The summed E-state index contributed by atoms with van der Waals surface area (Å²) in [6, 6.07) is 0.271. The van der Waals surface area contributed by atoms with Gasteiger partial charge in [0.2, 0.25) is 5.91 Å². The molecule has 0 radical (unpaired) electrons. The molecule has 2 rings (SSSR count). The van der Waals surface area contributed by atoms with Crippen molar-refractivity contribution in [3.8, 4) is 0 Å². The van der Waals surface area contributed by atoms with Crippen LogP contribution in [0.1, 0.15) is 63.1 Å². The van der Waals surface area contributed by atoms with Crippen molar-refractivity contribution in [3.05, 3.63) is 16.1 Å². The molecule has 1 heterocycles. The highest BCUT2D eigenvalue weighted by Crippen LogP contribution is 2.23. The van der Waals surface area contributed by atoms with Crippen LogP contribution in [0.2, 0.25) is 0 Å². The van der Waals surface area contributed by atoms with Crippen molar-refractivity contribution in [2.24, 2.45) is 5.92 Å². The van der Waals surface area contributed by atoms with Crippen molar-refractivity contribution in [2.75, 3.05) is 5.75 Å². The fourth-order valence-corrected chi connectivity index (χ4v) is 4.59. The minimum Gasteiger partial charge on any atom is -0.353 e. The molecule has 0 bridgehead atoms. The number of aromatic nitrogens is 1. The van der Waals surface area contributed by atoms with Crippen molar-refractivity contribution in [3.63, 3.8) is 0 Å². The Morgan fingerprint density at radius 2 is 2.09 bits per heavy atom. The first-order valence-corrected chi connectivity index (χ1v) is 10.4. The maximum Gasteiger partial charge on any atom is 0.232 e. The molecule has 1 N–H and O–H groups in total. The van der Waals surface area contributed by atoms with Gasteiger partial charge < -0.3 is 5.32 Å². The number of carbonyl (C=O) groups excluding carboxylic acids is 1. The Morgan fingerprint density at radius 1 is 1.41 bits per heavy atom. The molecule has 1 aromatic rings. The van der Waals surface area contributed by atoms with Crippen LogP contribution in [0.3, 0.4) is 0 Å². The van der Waals surface area contributed by atoms with E-state index in [2.05, 4.69) is 31.1 Å². The Bertz CT molecular complexity index is 520. The summed E-state index contributed by atoms with van der Waals surface area (Å²) < 4.78 is 12.1. The zero-order valence-corrected chi connectivity index (χ0v) is 15.3. The first kappa shape index (κ1) is 17.6. The fourth-order valence-electron chi connectivity index (χ4n) is 2.69. The molecule has 0 aliphatic heterocycles. The van der Waals surface area contributed by atoms with Gasteiger partial charge in [-0.15, -0.1) is 11.3 Å². The first-order chi connectivity index (χ1) is 10.4. The van der Waals surface area contributed by atoms with Crippen LogP contribution in [0.5, 0.6) is 0 Å². The van der Waals surface area contributed by atoms with Gasteiger partial charge in [-0.25, -0.2) is 4.98 Å². The van der Waals surface area contributed by atoms with Crippen molar-refractivity contribution >= 4 is 28.0 Å². The predicted octanol–water partition coefficient (Wildman–Crippen LogP) is 3.21. The molecular formula is C16H26N2O2S2.